The maximum absolute atomic E-state index is 12.2. The Balaban J connectivity index is 1.97. The average Bonchev–Trinajstić information content (AvgIpc) is 2.95. The number of thiophene rings is 1. The van der Waals surface area contributed by atoms with Gasteiger partial charge >= 0.3 is 0 Å². The molecule has 0 aliphatic heterocycles. The van der Waals surface area contributed by atoms with Crippen LogP contribution in [0.5, 0.6) is 0 Å². The average molecular weight is 289 g/mol. The monoisotopic (exact) mass is 289 g/mol. The molecule has 0 saturated carbocycles. The molecule has 0 aliphatic rings. The number of aromatic nitrogens is 3. The van der Waals surface area contributed by atoms with Gasteiger partial charge in [0.05, 0.1) is 15.6 Å². The van der Waals surface area contributed by atoms with Crippen molar-refractivity contribution in [3.05, 3.63) is 52.3 Å². The third kappa shape index (κ3) is 2.04. The van der Waals surface area contributed by atoms with Crippen LogP contribution in [0.25, 0.3) is 32.5 Å². The zero-order valence-electron chi connectivity index (χ0n) is 10.8. The second kappa shape index (κ2) is 4.53. The number of rotatable bonds is 1. The molecule has 2 radical (unpaired) electrons. The molecule has 0 saturated heterocycles. The predicted octanol–water partition coefficient (Wildman–Crippen LogP) is 1.99. The molecule has 3 heterocycles. The van der Waals surface area contributed by atoms with Crippen LogP contribution in [0.2, 0.25) is 0 Å². The summed E-state index contributed by atoms with van der Waals surface area (Å²) in [6.45, 7) is 0. The van der Waals surface area contributed by atoms with Crippen molar-refractivity contribution in [1.82, 2.24) is 15.0 Å². The minimum Gasteiger partial charge on any atom is -0.305 e. The van der Waals surface area contributed by atoms with E-state index < -0.39 is 0 Å². The van der Waals surface area contributed by atoms with E-state index in [4.69, 9.17) is 7.85 Å². The van der Waals surface area contributed by atoms with E-state index >= 15 is 0 Å². The SMILES string of the molecule is [B]c1ccc2nc(-c3cc4ccsc4cn3)[nH]c(=O)c2c1. The lowest BCUT2D eigenvalue weighted by molar-refractivity contribution is 1.15. The molecule has 98 valence electrons. The summed E-state index contributed by atoms with van der Waals surface area (Å²) in [6, 6.07) is 9.04. The molecule has 4 nitrogen and oxygen atoms in total. The van der Waals surface area contributed by atoms with Gasteiger partial charge in [-0.2, -0.15) is 0 Å². The Morgan fingerprint density at radius 3 is 3.00 bits per heavy atom. The number of nitrogens with one attached hydrogen (secondary N) is 1. The van der Waals surface area contributed by atoms with E-state index in [9.17, 15) is 4.79 Å². The quantitative estimate of drug-likeness (QED) is 0.545. The van der Waals surface area contributed by atoms with Crippen molar-refractivity contribution in [3.8, 4) is 11.5 Å². The molecule has 6 heteroatoms. The number of pyridine rings is 1. The third-order valence-corrected chi connectivity index (χ3v) is 4.18. The fraction of sp³-hybridized carbons (Fsp3) is 0. The normalized spacial score (nSPS) is 11.2. The van der Waals surface area contributed by atoms with Crippen molar-refractivity contribution in [3.63, 3.8) is 0 Å². The van der Waals surface area contributed by atoms with E-state index in [1.165, 1.54) is 0 Å². The Labute approximate surface area is 124 Å². The standard InChI is InChI=1S/C15H8BN3OS/c16-9-1-2-11-10(6-9)15(20)19-14(18-11)12-5-8-3-4-21-13(8)7-17-12/h1-7H,(H,18,19,20). The van der Waals surface area contributed by atoms with Crippen LogP contribution in [0.15, 0.2) is 46.7 Å². The molecule has 0 atom stereocenters. The maximum Gasteiger partial charge on any atom is 0.259 e. The number of H-pyrrole nitrogens is 1. The fourth-order valence-corrected chi connectivity index (χ4v) is 3.01. The summed E-state index contributed by atoms with van der Waals surface area (Å²) in [7, 11) is 5.70. The molecule has 21 heavy (non-hydrogen) atoms. The minimum absolute atomic E-state index is 0.213. The van der Waals surface area contributed by atoms with E-state index in [0.29, 0.717) is 27.9 Å². The van der Waals surface area contributed by atoms with E-state index in [-0.39, 0.29) is 5.56 Å². The van der Waals surface area contributed by atoms with Crippen molar-refractivity contribution < 1.29 is 0 Å². The van der Waals surface area contributed by atoms with Gasteiger partial charge in [0, 0.05) is 6.20 Å². The van der Waals surface area contributed by atoms with Gasteiger partial charge in [-0.05, 0) is 29.0 Å². The predicted molar refractivity (Wildman–Crippen MR) is 86.4 cm³/mol. The molecule has 0 spiro atoms. The van der Waals surface area contributed by atoms with E-state index in [2.05, 4.69) is 15.0 Å². The highest BCUT2D eigenvalue weighted by Gasteiger charge is 2.08. The smallest absolute Gasteiger partial charge is 0.259 e. The minimum atomic E-state index is -0.213. The number of hydrogen-bond acceptors (Lipinski definition) is 4. The molecular weight excluding hydrogens is 281 g/mol. The van der Waals surface area contributed by atoms with Crippen molar-refractivity contribution >= 4 is 45.6 Å². The van der Waals surface area contributed by atoms with Gasteiger partial charge < -0.3 is 4.98 Å². The van der Waals surface area contributed by atoms with E-state index in [1.54, 1.807) is 35.7 Å². The Hall–Kier alpha value is -2.47. The molecule has 0 fully saturated rings. The highest BCUT2D eigenvalue weighted by Crippen LogP contribution is 2.23. The largest absolute Gasteiger partial charge is 0.305 e. The number of benzene rings is 1. The Kier molecular flexibility index (Phi) is 2.65. The number of nitrogens with zero attached hydrogens (tertiary/aromatic N) is 2. The van der Waals surface area contributed by atoms with Crippen LogP contribution >= 0.6 is 11.3 Å². The summed E-state index contributed by atoms with van der Waals surface area (Å²) in [6.07, 6.45) is 1.79. The van der Waals surface area contributed by atoms with Gasteiger partial charge in [0.2, 0.25) is 0 Å². The van der Waals surface area contributed by atoms with Crippen LogP contribution in [0.1, 0.15) is 0 Å². The second-order valence-corrected chi connectivity index (χ2v) is 5.67. The zero-order valence-corrected chi connectivity index (χ0v) is 11.6. The molecule has 4 aromatic rings. The number of aromatic amines is 1. The van der Waals surface area contributed by atoms with Crippen molar-refractivity contribution in [1.29, 1.82) is 0 Å². The van der Waals surface area contributed by atoms with Crippen molar-refractivity contribution in [2.75, 3.05) is 0 Å². The Morgan fingerprint density at radius 1 is 1.19 bits per heavy atom. The topological polar surface area (TPSA) is 58.6 Å². The molecule has 4 rings (SSSR count). The first-order chi connectivity index (χ1) is 10.2. The fourth-order valence-electron chi connectivity index (χ4n) is 2.27. The highest BCUT2D eigenvalue weighted by molar-refractivity contribution is 7.17. The number of fused-ring (bicyclic) bond motifs is 2. The van der Waals surface area contributed by atoms with Crippen molar-refractivity contribution in [2.24, 2.45) is 0 Å². The summed E-state index contributed by atoms with van der Waals surface area (Å²) in [5, 5.41) is 3.58. The molecule has 1 N–H and O–H groups in total. The molecule has 0 aliphatic carbocycles. The van der Waals surface area contributed by atoms with Gasteiger partial charge in [-0.15, -0.1) is 11.3 Å². The zero-order chi connectivity index (χ0) is 14.4. The molecule has 0 amide bonds. The van der Waals surface area contributed by atoms with Gasteiger partial charge in [-0.25, -0.2) is 4.98 Å². The maximum atomic E-state index is 12.2. The molecule has 0 bridgehead atoms. The van der Waals surface area contributed by atoms with Crippen LogP contribution in [0.3, 0.4) is 0 Å². The van der Waals surface area contributed by atoms with Crippen molar-refractivity contribution in [2.45, 2.75) is 0 Å². The van der Waals surface area contributed by atoms with Crippen LogP contribution in [0.4, 0.5) is 0 Å². The van der Waals surface area contributed by atoms with Gasteiger partial charge in [0.1, 0.15) is 13.5 Å². The first kappa shape index (κ1) is 12.3. The van der Waals surface area contributed by atoms with Gasteiger partial charge in [-0.3, -0.25) is 9.78 Å². The molecule has 1 aromatic carbocycles. The van der Waals surface area contributed by atoms with E-state index in [0.717, 1.165) is 10.1 Å². The summed E-state index contributed by atoms with van der Waals surface area (Å²) < 4.78 is 1.11. The summed E-state index contributed by atoms with van der Waals surface area (Å²) >= 11 is 1.63. The van der Waals surface area contributed by atoms with Crippen LogP contribution < -0.4 is 11.0 Å². The summed E-state index contributed by atoms with van der Waals surface area (Å²) in [4.78, 5) is 23.8. The summed E-state index contributed by atoms with van der Waals surface area (Å²) in [5.41, 5.74) is 1.58. The highest BCUT2D eigenvalue weighted by atomic mass is 32.1. The van der Waals surface area contributed by atoms with Crippen LogP contribution in [-0.2, 0) is 0 Å². The van der Waals surface area contributed by atoms with Crippen LogP contribution in [-0.4, -0.2) is 22.8 Å². The first-order valence-corrected chi connectivity index (χ1v) is 7.22. The van der Waals surface area contributed by atoms with Gasteiger partial charge in [0.15, 0.2) is 5.82 Å². The number of hydrogen-bond donors (Lipinski definition) is 1. The Bertz CT molecular complexity index is 1040. The van der Waals surface area contributed by atoms with Gasteiger partial charge in [0.25, 0.3) is 5.56 Å². The molecule has 0 unspecified atom stereocenters. The second-order valence-electron chi connectivity index (χ2n) is 4.72. The van der Waals surface area contributed by atoms with Crippen LogP contribution in [0, 0.1) is 0 Å². The third-order valence-electron chi connectivity index (χ3n) is 3.31. The summed E-state index contributed by atoms with van der Waals surface area (Å²) in [5.74, 6) is 0.463. The van der Waals surface area contributed by atoms with Gasteiger partial charge in [-0.1, -0.05) is 17.6 Å². The van der Waals surface area contributed by atoms with E-state index in [1.807, 2.05) is 17.5 Å². The Morgan fingerprint density at radius 2 is 2.10 bits per heavy atom. The first-order valence-electron chi connectivity index (χ1n) is 6.34. The molecular formula is C15H8BN3OS. The lowest BCUT2D eigenvalue weighted by Crippen LogP contribution is -2.13. The lowest BCUT2D eigenvalue weighted by atomic mass is 9.95. The molecule has 3 aromatic heterocycles. The lowest BCUT2D eigenvalue weighted by Gasteiger charge is -2.03.